The van der Waals surface area contributed by atoms with E-state index in [1.54, 1.807) is 18.3 Å². The van der Waals surface area contributed by atoms with Crippen LogP contribution in [0.5, 0.6) is 0 Å². The average Bonchev–Trinajstić information content (AvgIpc) is 3.60. The molecule has 3 aromatic heterocycles. The van der Waals surface area contributed by atoms with Crippen LogP contribution in [0.4, 0.5) is 15.9 Å². The van der Waals surface area contributed by atoms with Gasteiger partial charge in [0.1, 0.15) is 22.8 Å². The predicted octanol–water partition coefficient (Wildman–Crippen LogP) is 4.33. The Balaban J connectivity index is 1.08. The van der Waals surface area contributed by atoms with Gasteiger partial charge in [0.05, 0.1) is 48.3 Å². The normalized spacial score (nSPS) is 13.8. The van der Waals surface area contributed by atoms with Crippen molar-refractivity contribution in [1.82, 2.24) is 30.0 Å². The maximum Gasteiger partial charge on any atom is 0.244 e. The van der Waals surface area contributed by atoms with Gasteiger partial charge in [-0.3, -0.25) is 14.4 Å². The van der Waals surface area contributed by atoms with Crippen LogP contribution in [0.2, 0.25) is 0 Å². The molecular weight excluding hydrogens is 553 g/mol. The Morgan fingerprint density at radius 1 is 1.14 bits per heavy atom. The predicted molar refractivity (Wildman–Crippen MR) is 162 cm³/mol. The molecule has 1 amide bonds. The largest absolute Gasteiger partial charge is 0.379 e. The van der Waals surface area contributed by atoms with Gasteiger partial charge in [-0.15, -0.1) is 11.3 Å². The summed E-state index contributed by atoms with van der Waals surface area (Å²) in [6, 6.07) is 14.4. The van der Waals surface area contributed by atoms with Crippen LogP contribution in [0, 0.1) is 17.7 Å². The van der Waals surface area contributed by atoms with Crippen LogP contribution in [0.1, 0.15) is 10.4 Å². The number of carbonyl (C=O) groups is 1. The molecule has 0 aliphatic carbocycles. The highest BCUT2D eigenvalue weighted by Crippen LogP contribution is 2.30. The molecule has 0 atom stereocenters. The van der Waals surface area contributed by atoms with Crippen LogP contribution in [0.3, 0.4) is 0 Å². The lowest BCUT2D eigenvalue weighted by atomic mass is 10.2. The van der Waals surface area contributed by atoms with Gasteiger partial charge in [-0.25, -0.2) is 14.4 Å². The fourth-order valence-corrected chi connectivity index (χ4v) is 5.54. The number of amides is 1. The molecule has 2 N–H and O–H groups in total. The minimum atomic E-state index is -0.260. The Kier molecular flexibility index (Phi) is 8.46. The van der Waals surface area contributed by atoms with Crippen LogP contribution in [-0.2, 0) is 16.1 Å². The van der Waals surface area contributed by atoms with Crippen molar-refractivity contribution < 1.29 is 13.9 Å². The van der Waals surface area contributed by atoms with Crippen molar-refractivity contribution in [3.63, 3.8) is 0 Å². The molecule has 11 heteroatoms. The van der Waals surface area contributed by atoms with E-state index in [0.29, 0.717) is 12.4 Å². The molecule has 2 aromatic carbocycles. The molecule has 0 saturated carbocycles. The minimum Gasteiger partial charge on any atom is -0.379 e. The number of anilines is 2. The van der Waals surface area contributed by atoms with Crippen LogP contribution in [-0.4, -0.2) is 69.9 Å². The van der Waals surface area contributed by atoms with E-state index in [1.807, 2.05) is 41.1 Å². The second-order valence-electron chi connectivity index (χ2n) is 9.72. The zero-order valence-corrected chi connectivity index (χ0v) is 23.5. The molecular formula is C31H28FN7O2S. The summed E-state index contributed by atoms with van der Waals surface area (Å²) >= 11 is 1.47. The summed E-state index contributed by atoms with van der Waals surface area (Å²) in [4.78, 5) is 24.8. The third-order valence-electron chi connectivity index (χ3n) is 6.75. The van der Waals surface area contributed by atoms with E-state index in [0.717, 1.165) is 70.1 Å². The fraction of sp³-hybridized carbons (Fsp3) is 0.226. The Hall–Kier alpha value is -4.63. The molecule has 1 aliphatic heterocycles. The number of hydrogen-bond donors (Lipinski definition) is 2. The molecule has 5 aromatic rings. The quantitative estimate of drug-likeness (QED) is 0.208. The van der Waals surface area contributed by atoms with Crippen molar-refractivity contribution in [1.29, 1.82) is 0 Å². The zero-order chi connectivity index (χ0) is 28.7. The van der Waals surface area contributed by atoms with E-state index in [4.69, 9.17) is 4.74 Å². The van der Waals surface area contributed by atoms with Crippen LogP contribution in [0.15, 0.2) is 73.2 Å². The Labute approximate surface area is 246 Å². The first-order valence-electron chi connectivity index (χ1n) is 13.6. The van der Waals surface area contributed by atoms with Crippen molar-refractivity contribution in [2.45, 2.75) is 6.54 Å². The number of thiophene rings is 1. The summed E-state index contributed by atoms with van der Waals surface area (Å²) in [5.74, 6) is 6.38. The van der Waals surface area contributed by atoms with Crippen molar-refractivity contribution in [3.05, 3.63) is 89.5 Å². The third-order valence-corrected chi connectivity index (χ3v) is 7.71. The fourth-order valence-electron chi connectivity index (χ4n) is 4.67. The Morgan fingerprint density at radius 2 is 2.05 bits per heavy atom. The molecule has 4 heterocycles. The number of nitrogens with zero attached hydrogens (tertiary/aromatic N) is 5. The number of hydrogen-bond acceptors (Lipinski definition) is 8. The van der Waals surface area contributed by atoms with Gasteiger partial charge in [0.25, 0.3) is 0 Å². The lowest BCUT2D eigenvalue weighted by Gasteiger charge is -2.24. The minimum absolute atomic E-state index is 0.164. The summed E-state index contributed by atoms with van der Waals surface area (Å²) in [6.07, 6.45) is 6.74. The molecule has 42 heavy (non-hydrogen) atoms. The van der Waals surface area contributed by atoms with Gasteiger partial charge < -0.3 is 15.4 Å². The summed E-state index contributed by atoms with van der Waals surface area (Å²) in [5.41, 5.74) is 2.65. The van der Waals surface area contributed by atoms with Gasteiger partial charge in [0.2, 0.25) is 5.91 Å². The highest BCUT2D eigenvalue weighted by Gasteiger charge is 2.11. The summed E-state index contributed by atoms with van der Waals surface area (Å²) in [6.45, 7) is 4.70. The molecule has 1 fully saturated rings. The van der Waals surface area contributed by atoms with E-state index in [2.05, 4.69) is 42.4 Å². The summed E-state index contributed by atoms with van der Waals surface area (Å²) in [5, 5.41) is 12.5. The molecule has 6 rings (SSSR count). The summed E-state index contributed by atoms with van der Waals surface area (Å²) in [7, 11) is 0. The first kappa shape index (κ1) is 27.5. The lowest BCUT2D eigenvalue weighted by Crippen LogP contribution is -2.36. The third kappa shape index (κ3) is 6.80. The number of ether oxygens (including phenoxy) is 1. The molecule has 212 valence electrons. The number of fused-ring (bicyclic) bond motifs is 2. The molecule has 0 bridgehead atoms. The molecule has 0 spiro atoms. The first-order chi connectivity index (χ1) is 20.6. The Morgan fingerprint density at radius 3 is 2.93 bits per heavy atom. The number of morpholine rings is 1. The summed E-state index contributed by atoms with van der Waals surface area (Å²) < 4.78 is 20.8. The van der Waals surface area contributed by atoms with E-state index in [9.17, 15) is 9.18 Å². The number of nitrogens with one attached hydrogen (secondary N) is 2. The number of halogens is 1. The maximum absolute atomic E-state index is 13.6. The monoisotopic (exact) mass is 581 g/mol. The number of aromatic nitrogens is 4. The van der Waals surface area contributed by atoms with Crippen LogP contribution >= 0.6 is 11.3 Å². The lowest BCUT2D eigenvalue weighted by molar-refractivity contribution is -0.116. The highest BCUT2D eigenvalue weighted by atomic mass is 32.1. The number of benzene rings is 2. The number of rotatable bonds is 8. The standard InChI is InChI=1S/C31H28FN7O2S/c32-24-5-1-4-22(16-24)20-39-28-9-8-25(17-23(28)19-36-39)37-30-27-18-26(42-31(27)35-21-34-30)6-2-10-33-29(40)7-3-11-38-12-14-41-15-13-38/h1,3-5,7-9,16-19,21H,10-15,20H2,(H,33,40)(H,34,35,37)/b7-3+. The molecule has 1 aliphatic rings. The molecule has 0 radical (unpaired) electrons. The van der Waals surface area contributed by atoms with E-state index < -0.39 is 0 Å². The maximum atomic E-state index is 13.6. The molecule has 1 saturated heterocycles. The first-order valence-corrected chi connectivity index (χ1v) is 14.4. The van der Waals surface area contributed by atoms with Crippen molar-refractivity contribution in [3.8, 4) is 11.8 Å². The smallest absolute Gasteiger partial charge is 0.244 e. The second-order valence-corrected chi connectivity index (χ2v) is 10.7. The second kappa shape index (κ2) is 12.9. The SMILES string of the molecule is O=C(/C=C/CN1CCOCC1)NCC#Cc1cc2c(Nc3ccc4c(cnn4Cc4cccc(F)c4)c3)ncnc2s1. The van der Waals surface area contributed by atoms with Gasteiger partial charge >= 0.3 is 0 Å². The van der Waals surface area contributed by atoms with Gasteiger partial charge in [0, 0.05) is 36.8 Å². The average molecular weight is 582 g/mol. The van der Waals surface area contributed by atoms with Crippen LogP contribution in [0.25, 0.3) is 21.1 Å². The topological polar surface area (TPSA) is 97.2 Å². The van der Waals surface area contributed by atoms with Crippen molar-refractivity contribution in [2.24, 2.45) is 0 Å². The van der Waals surface area contributed by atoms with Gasteiger partial charge in [-0.1, -0.05) is 30.0 Å². The zero-order valence-electron chi connectivity index (χ0n) is 22.7. The van der Waals surface area contributed by atoms with E-state index >= 15 is 0 Å². The Bertz CT molecular complexity index is 1810. The van der Waals surface area contributed by atoms with Gasteiger partial charge in [-0.05, 0) is 42.0 Å². The van der Waals surface area contributed by atoms with Gasteiger partial charge in [-0.2, -0.15) is 5.10 Å². The van der Waals surface area contributed by atoms with E-state index in [1.165, 1.54) is 29.8 Å². The molecule has 9 nitrogen and oxygen atoms in total. The van der Waals surface area contributed by atoms with E-state index in [-0.39, 0.29) is 18.3 Å². The van der Waals surface area contributed by atoms with Crippen molar-refractivity contribution >= 4 is 49.9 Å². The number of carbonyl (C=O) groups excluding carboxylic acids is 1. The van der Waals surface area contributed by atoms with Crippen molar-refractivity contribution in [2.75, 3.05) is 44.7 Å². The molecule has 0 unspecified atom stereocenters. The van der Waals surface area contributed by atoms with Crippen LogP contribution < -0.4 is 10.6 Å². The highest BCUT2D eigenvalue weighted by molar-refractivity contribution is 7.19. The van der Waals surface area contributed by atoms with Gasteiger partial charge in [0.15, 0.2) is 0 Å².